The molecular weight excluding hydrogens is 140 g/mol. The van der Waals surface area contributed by atoms with Crippen LogP contribution in [0.15, 0.2) is 18.2 Å². The first-order chi connectivity index (χ1) is 5.24. The molecule has 0 aliphatic carbocycles. The van der Waals surface area contributed by atoms with Crippen LogP contribution in [0.1, 0.15) is 0 Å². The highest BCUT2D eigenvalue weighted by atomic mass is 14.9. The van der Waals surface area contributed by atoms with E-state index in [2.05, 4.69) is 5.32 Å². The second-order valence-corrected chi connectivity index (χ2v) is 2.08. The van der Waals surface area contributed by atoms with Gasteiger partial charge in [0.2, 0.25) is 0 Å². The van der Waals surface area contributed by atoms with E-state index in [9.17, 15) is 0 Å². The van der Waals surface area contributed by atoms with Gasteiger partial charge in [-0.3, -0.25) is 5.32 Å². The van der Waals surface area contributed by atoms with Gasteiger partial charge >= 0.3 is 0 Å². The van der Waals surface area contributed by atoms with Crippen molar-refractivity contribution in [2.45, 2.75) is 0 Å². The molecule has 4 heteroatoms. The number of rotatable bonds is 1. The van der Waals surface area contributed by atoms with E-state index in [1.165, 1.54) is 0 Å². The first-order valence-corrected chi connectivity index (χ1v) is 3.04. The van der Waals surface area contributed by atoms with Gasteiger partial charge in [-0.05, 0) is 18.2 Å². The quantitative estimate of drug-likeness (QED) is 0.311. The zero-order valence-corrected chi connectivity index (χ0v) is 5.83. The number of hydrogen-bond acceptors (Lipinski definition) is 4. The first-order valence-electron chi connectivity index (χ1n) is 3.04. The van der Waals surface area contributed by atoms with Gasteiger partial charge in [-0.1, -0.05) is 0 Å². The van der Waals surface area contributed by atoms with E-state index < -0.39 is 0 Å². The van der Waals surface area contributed by atoms with Gasteiger partial charge in [-0.2, -0.15) is 5.26 Å². The molecule has 0 amide bonds. The molecule has 1 rings (SSSR count). The highest BCUT2D eigenvalue weighted by Gasteiger charge is 1.96. The lowest BCUT2D eigenvalue weighted by atomic mass is 10.2. The van der Waals surface area contributed by atoms with Crippen molar-refractivity contribution in [1.82, 2.24) is 0 Å². The van der Waals surface area contributed by atoms with Crippen molar-refractivity contribution in [3.05, 3.63) is 18.2 Å². The van der Waals surface area contributed by atoms with Crippen molar-refractivity contribution in [3.63, 3.8) is 0 Å². The highest BCUT2D eigenvalue weighted by Crippen LogP contribution is 2.20. The largest absolute Gasteiger partial charge is 0.399 e. The summed E-state index contributed by atoms with van der Waals surface area (Å²) < 4.78 is 0. The molecule has 0 aliphatic rings. The van der Waals surface area contributed by atoms with Crippen molar-refractivity contribution in [1.29, 1.82) is 5.26 Å². The highest BCUT2D eigenvalue weighted by molar-refractivity contribution is 5.71. The summed E-state index contributed by atoms with van der Waals surface area (Å²) in [5.41, 5.74) is 12.6. The molecule has 1 aromatic carbocycles. The van der Waals surface area contributed by atoms with E-state index >= 15 is 0 Å². The van der Waals surface area contributed by atoms with E-state index in [4.69, 9.17) is 16.7 Å². The number of hydrogen-bond donors (Lipinski definition) is 3. The average Bonchev–Trinajstić information content (AvgIpc) is 1.98. The predicted molar refractivity (Wildman–Crippen MR) is 44.5 cm³/mol. The molecule has 5 N–H and O–H groups in total. The summed E-state index contributed by atoms with van der Waals surface area (Å²) in [5, 5.41) is 10.7. The number of benzene rings is 1. The SMILES string of the molecule is N#CNc1cc(N)ccc1N. The van der Waals surface area contributed by atoms with Gasteiger partial charge in [0.15, 0.2) is 6.19 Å². The van der Waals surface area contributed by atoms with E-state index in [1.807, 2.05) is 0 Å². The topological polar surface area (TPSA) is 87.9 Å². The second-order valence-electron chi connectivity index (χ2n) is 2.08. The summed E-state index contributed by atoms with van der Waals surface area (Å²) in [4.78, 5) is 0. The molecular formula is C7H8N4. The smallest absolute Gasteiger partial charge is 0.181 e. The van der Waals surface area contributed by atoms with Crippen LogP contribution in [0, 0.1) is 11.5 Å². The van der Waals surface area contributed by atoms with Crippen LogP contribution in [0.5, 0.6) is 0 Å². The third-order valence-corrected chi connectivity index (χ3v) is 1.27. The fourth-order valence-electron chi connectivity index (χ4n) is 0.742. The molecule has 4 nitrogen and oxygen atoms in total. The second kappa shape index (κ2) is 2.80. The summed E-state index contributed by atoms with van der Waals surface area (Å²) in [5.74, 6) is 0. The van der Waals surface area contributed by atoms with Crippen molar-refractivity contribution < 1.29 is 0 Å². The molecule has 0 bridgehead atoms. The van der Waals surface area contributed by atoms with Crippen LogP contribution in [-0.2, 0) is 0 Å². The van der Waals surface area contributed by atoms with Gasteiger partial charge in [-0.15, -0.1) is 0 Å². The molecule has 56 valence electrons. The van der Waals surface area contributed by atoms with E-state index in [0.717, 1.165) is 0 Å². The Bertz CT molecular complexity index is 300. The summed E-state index contributed by atoms with van der Waals surface area (Å²) in [6.07, 6.45) is 1.77. The number of anilines is 3. The summed E-state index contributed by atoms with van der Waals surface area (Å²) in [7, 11) is 0. The Kier molecular flexibility index (Phi) is 1.83. The Morgan fingerprint density at radius 1 is 1.36 bits per heavy atom. The zero-order valence-electron chi connectivity index (χ0n) is 5.83. The molecule has 0 unspecified atom stereocenters. The Morgan fingerprint density at radius 2 is 2.09 bits per heavy atom. The molecule has 0 saturated heterocycles. The van der Waals surface area contributed by atoms with E-state index in [-0.39, 0.29) is 0 Å². The van der Waals surface area contributed by atoms with E-state index in [0.29, 0.717) is 17.1 Å². The lowest BCUT2D eigenvalue weighted by molar-refractivity contribution is 1.47. The molecule has 0 aliphatic heterocycles. The number of nitrogen functional groups attached to an aromatic ring is 2. The Morgan fingerprint density at radius 3 is 2.73 bits per heavy atom. The lowest BCUT2D eigenvalue weighted by Gasteiger charge is -2.02. The molecule has 0 aromatic heterocycles. The minimum absolute atomic E-state index is 0.515. The summed E-state index contributed by atoms with van der Waals surface area (Å²) in [6.45, 7) is 0. The monoisotopic (exact) mass is 148 g/mol. The predicted octanol–water partition coefficient (Wildman–Crippen LogP) is 0.744. The molecule has 11 heavy (non-hydrogen) atoms. The summed E-state index contributed by atoms with van der Waals surface area (Å²) in [6, 6.07) is 4.94. The zero-order chi connectivity index (χ0) is 8.27. The number of nitrogens with two attached hydrogens (primary N) is 2. The van der Waals surface area contributed by atoms with Gasteiger partial charge < -0.3 is 11.5 Å². The molecule has 0 spiro atoms. The molecule has 0 saturated carbocycles. The third-order valence-electron chi connectivity index (χ3n) is 1.27. The minimum atomic E-state index is 0.515. The van der Waals surface area contributed by atoms with Crippen LogP contribution >= 0.6 is 0 Å². The Labute approximate surface area is 64.4 Å². The lowest BCUT2D eigenvalue weighted by Crippen LogP contribution is -1.96. The van der Waals surface area contributed by atoms with Gasteiger partial charge in [0, 0.05) is 5.69 Å². The average molecular weight is 148 g/mol. The molecule has 0 atom stereocenters. The maximum absolute atomic E-state index is 8.28. The van der Waals surface area contributed by atoms with Crippen LogP contribution < -0.4 is 16.8 Å². The third kappa shape index (κ3) is 1.52. The van der Waals surface area contributed by atoms with Gasteiger partial charge in [0.25, 0.3) is 0 Å². The normalized spacial score (nSPS) is 8.64. The summed E-state index contributed by atoms with van der Waals surface area (Å²) >= 11 is 0. The first kappa shape index (κ1) is 7.22. The molecule has 0 heterocycles. The van der Waals surface area contributed by atoms with E-state index in [1.54, 1.807) is 24.4 Å². The standard InChI is InChI=1S/C7H8N4/c8-4-11-7-3-5(9)1-2-6(7)10/h1-3,11H,9-10H2. The van der Waals surface area contributed by atoms with Crippen molar-refractivity contribution in [3.8, 4) is 6.19 Å². The van der Waals surface area contributed by atoms with Crippen molar-refractivity contribution >= 4 is 17.1 Å². The van der Waals surface area contributed by atoms with Gasteiger partial charge in [0.05, 0.1) is 11.4 Å². The maximum atomic E-state index is 8.28. The number of nitriles is 1. The molecule has 1 aromatic rings. The number of nitrogens with one attached hydrogen (secondary N) is 1. The van der Waals surface area contributed by atoms with Crippen LogP contribution in [0.4, 0.5) is 17.1 Å². The van der Waals surface area contributed by atoms with Crippen LogP contribution in [-0.4, -0.2) is 0 Å². The minimum Gasteiger partial charge on any atom is -0.399 e. The van der Waals surface area contributed by atoms with Crippen molar-refractivity contribution in [2.24, 2.45) is 0 Å². The van der Waals surface area contributed by atoms with Crippen LogP contribution in [0.2, 0.25) is 0 Å². The van der Waals surface area contributed by atoms with Gasteiger partial charge in [0.1, 0.15) is 0 Å². The fourth-order valence-corrected chi connectivity index (χ4v) is 0.742. The fraction of sp³-hybridized carbons (Fsp3) is 0. The van der Waals surface area contributed by atoms with Crippen LogP contribution in [0.3, 0.4) is 0 Å². The van der Waals surface area contributed by atoms with Gasteiger partial charge in [-0.25, -0.2) is 0 Å². The van der Waals surface area contributed by atoms with Crippen LogP contribution in [0.25, 0.3) is 0 Å². The molecule has 0 radical (unpaired) electrons. The Hall–Kier alpha value is -1.89. The number of nitrogens with zero attached hydrogens (tertiary/aromatic N) is 1. The maximum Gasteiger partial charge on any atom is 0.181 e. The molecule has 0 fully saturated rings. The Balaban J connectivity index is 3.05. The van der Waals surface area contributed by atoms with Crippen molar-refractivity contribution in [2.75, 3.05) is 16.8 Å².